The van der Waals surface area contributed by atoms with E-state index in [0.29, 0.717) is 17.4 Å². The molecule has 4 fully saturated rings. The topological polar surface area (TPSA) is 126 Å². The predicted molar refractivity (Wildman–Crippen MR) is 246 cm³/mol. The number of nitrogens with zero attached hydrogens (tertiary/aromatic N) is 8. The number of amides is 3. The van der Waals surface area contributed by atoms with Crippen molar-refractivity contribution < 1.29 is 24.3 Å². The number of aryl methyl sites for hydroxylation is 2. The maximum absolute atomic E-state index is 14.8. The molecule has 1 N–H and O–H groups in total. The van der Waals surface area contributed by atoms with Gasteiger partial charge in [-0.05, 0) is 72.8 Å². The number of ketones is 1. The minimum absolute atomic E-state index is 0.0191. The number of phenols is 1. The summed E-state index contributed by atoms with van der Waals surface area (Å²) >= 11 is 0. The third-order valence-corrected chi connectivity index (χ3v) is 13.9. The fourth-order valence-corrected chi connectivity index (χ4v) is 10.6. The van der Waals surface area contributed by atoms with Crippen LogP contribution in [0.4, 0.5) is 5.82 Å². The van der Waals surface area contributed by atoms with Crippen LogP contribution in [0.25, 0.3) is 10.9 Å². The molecule has 2 unspecified atom stereocenters. The van der Waals surface area contributed by atoms with E-state index in [9.17, 15) is 24.3 Å². The van der Waals surface area contributed by atoms with Crippen molar-refractivity contribution in [2.45, 2.75) is 64.2 Å². The van der Waals surface area contributed by atoms with E-state index in [1.807, 2.05) is 78.6 Å². The van der Waals surface area contributed by atoms with Crippen LogP contribution < -0.4 is 4.90 Å². The normalized spacial score (nSPS) is 21.7. The number of carbonyl (C=O) groups excluding carboxylic acids is 4. The van der Waals surface area contributed by atoms with Crippen LogP contribution in [-0.2, 0) is 47.2 Å². The first-order chi connectivity index (χ1) is 31.0. The second-order valence-corrected chi connectivity index (χ2v) is 18.1. The van der Waals surface area contributed by atoms with Crippen LogP contribution >= 0.6 is 0 Å². The van der Waals surface area contributed by atoms with Crippen LogP contribution in [0.2, 0.25) is 0 Å². The van der Waals surface area contributed by atoms with E-state index in [0.717, 1.165) is 65.2 Å². The average Bonchev–Trinajstić information content (AvgIpc) is 4.02. The van der Waals surface area contributed by atoms with Crippen LogP contribution in [0.15, 0.2) is 110 Å². The first kappa shape index (κ1) is 43.0. The highest BCUT2D eigenvalue weighted by Gasteiger charge is 2.51. The third kappa shape index (κ3) is 8.54. The van der Waals surface area contributed by atoms with Crippen molar-refractivity contribution in [1.29, 1.82) is 0 Å². The molecule has 13 nitrogen and oxygen atoms in total. The lowest BCUT2D eigenvalue weighted by Crippen LogP contribution is -2.75. The Balaban J connectivity index is 0.970. The first-order valence-corrected chi connectivity index (χ1v) is 22.6. The Bertz CT molecular complexity index is 2540. The second kappa shape index (κ2) is 18.1. The van der Waals surface area contributed by atoms with Gasteiger partial charge < -0.3 is 29.3 Å². The number of aromatic hydroxyl groups is 1. The maximum Gasteiger partial charge on any atom is 0.246 e. The number of anilines is 1. The van der Waals surface area contributed by atoms with Crippen LogP contribution in [0.5, 0.6) is 5.75 Å². The summed E-state index contributed by atoms with van der Waals surface area (Å²) < 4.78 is 1.95. The third-order valence-electron chi connectivity index (χ3n) is 13.9. The Hall–Kier alpha value is -6.31. The summed E-state index contributed by atoms with van der Waals surface area (Å²) in [7, 11) is 1.92. The number of Topliss-reactive ketones (excluding diaryl/α,β-unsaturated/α-hetero) is 1. The Morgan fingerprint density at radius 2 is 1.70 bits per heavy atom. The summed E-state index contributed by atoms with van der Waals surface area (Å²) in [6.45, 7) is 12.1. The molecule has 4 aliphatic rings. The molecule has 0 radical (unpaired) electrons. The molecule has 1 spiro atoms. The van der Waals surface area contributed by atoms with Gasteiger partial charge in [0.25, 0.3) is 0 Å². The number of hydrogen-bond donors (Lipinski definition) is 1. The minimum atomic E-state index is -0.906. The lowest BCUT2D eigenvalue weighted by molar-refractivity contribution is -0.205. The summed E-state index contributed by atoms with van der Waals surface area (Å²) in [5.74, 6) is 0.410. The molecule has 0 aliphatic carbocycles. The highest BCUT2D eigenvalue weighted by molar-refractivity contribution is 6.09. The molecule has 4 saturated heterocycles. The fourth-order valence-electron chi connectivity index (χ4n) is 10.6. The number of hydrazine groups is 1. The molecule has 0 saturated carbocycles. The number of pyridine rings is 1. The van der Waals surface area contributed by atoms with Gasteiger partial charge in [-0.15, -0.1) is 6.58 Å². The number of hydrogen-bond acceptors (Lipinski definition) is 9. The molecule has 9 rings (SSSR count). The molecule has 64 heavy (non-hydrogen) atoms. The molecule has 2 aromatic heterocycles. The molecule has 3 atom stereocenters. The smallest absolute Gasteiger partial charge is 0.246 e. The van der Waals surface area contributed by atoms with Crippen LogP contribution in [0.3, 0.4) is 0 Å². The van der Waals surface area contributed by atoms with E-state index < -0.39 is 12.2 Å². The zero-order chi connectivity index (χ0) is 44.5. The van der Waals surface area contributed by atoms with Crippen molar-refractivity contribution in [3.63, 3.8) is 0 Å². The fraction of sp³-hybridized carbons (Fsp3) is 0.392. The molecule has 0 bridgehead atoms. The standard InChI is InChI=1S/C51H58N8O5/c1-4-24-57-33-48(63)58-43(27-37-14-18-40(60)19-15-37)50(64)56(32-46(58)59(57)47(62)21-17-36-10-7-6-8-11-36)30-39-12-9-13-41-42(31-53(3)49(39)41)44(61)28-38-16-20-45(52-29-38)55-26-23-51(35-55)22-25-54(5-2)34-51/h4,6-16,18-20,29,31,43,46,60H,1,5,17,21-28,30,32-35H2,2-3H3/t43-,46?,51?/m0/s1. The number of benzene rings is 3. The van der Waals surface area contributed by atoms with Gasteiger partial charge in [0.1, 0.15) is 23.8 Å². The molecule has 5 aromatic rings. The van der Waals surface area contributed by atoms with E-state index in [1.54, 1.807) is 50.2 Å². The molecular formula is C51H58N8O5. The number of fused-ring (bicyclic) bond motifs is 2. The van der Waals surface area contributed by atoms with Crippen molar-refractivity contribution in [2.75, 3.05) is 57.3 Å². The van der Waals surface area contributed by atoms with Crippen LogP contribution in [-0.4, -0.2) is 127 Å². The number of phenolic OH excluding ortho intramolecular Hbond substituents is 1. The molecule has 332 valence electrons. The summed E-state index contributed by atoms with van der Waals surface area (Å²) in [4.78, 5) is 70.5. The second-order valence-electron chi connectivity index (χ2n) is 18.1. The highest BCUT2D eigenvalue weighted by Crippen LogP contribution is 2.41. The van der Waals surface area contributed by atoms with E-state index in [-0.39, 0.29) is 74.7 Å². The van der Waals surface area contributed by atoms with Gasteiger partial charge in [0.05, 0.1) is 18.6 Å². The van der Waals surface area contributed by atoms with Crippen molar-refractivity contribution >= 4 is 40.2 Å². The Kier molecular flexibility index (Phi) is 12.1. The largest absolute Gasteiger partial charge is 0.508 e. The number of piperazine rings is 1. The minimum Gasteiger partial charge on any atom is -0.508 e. The summed E-state index contributed by atoms with van der Waals surface area (Å²) in [6.07, 6.45) is 8.17. The Morgan fingerprint density at radius 3 is 2.44 bits per heavy atom. The Labute approximate surface area is 375 Å². The molecule has 13 heteroatoms. The molecule has 3 amide bonds. The van der Waals surface area contributed by atoms with E-state index >= 15 is 0 Å². The van der Waals surface area contributed by atoms with Gasteiger partial charge in [0.2, 0.25) is 17.7 Å². The first-order valence-electron chi connectivity index (χ1n) is 22.6. The van der Waals surface area contributed by atoms with Crippen LogP contribution in [0.1, 0.15) is 58.8 Å². The summed E-state index contributed by atoms with van der Waals surface area (Å²) in [6, 6.07) is 25.5. The molecular weight excluding hydrogens is 805 g/mol. The average molecular weight is 863 g/mol. The van der Waals surface area contributed by atoms with Crippen molar-refractivity contribution in [2.24, 2.45) is 12.5 Å². The van der Waals surface area contributed by atoms with E-state index in [4.69, 9.17) is 4.98 Å². The van der Waals surface area contributed by atoms with Gasteiger partial charge in [0, 0.05) is 87.8 Å². The lowest BCUT2D eigenvalue weighted by Gasteiger charge is -2.55. The van der Waals surface area contributed by atoms with E-state index in [1.165, 1.54) is 19.4 Å². The predicted octanol–water partition coefficient (Wildman–Crippen LogP) is 5.61. The molecule has 4 aliphatic heterocycles. The van der Waals surface area contributed by atoms with Crippen molar-refractivity contribution in [1.82, 2.24) is 34.3 Å². The molecule has 6 heterocycles. The van der Waals surface area contributed by atoms with Gasteiger partial charge >= 0.3 is 0 Å². The monoisotopic (exact) mass is 862 g/mol. The number of aromatic nitrogens is 2. The summed E-state index contributed by atoms with van der Waals surface area (Å²) in [5, 5.41) is 14.3. The SMILES string of the molecule is C=CCN1CC(=O)N2C(CN(Cc3cccc4c(C(=O)Cc5ccc(N6CCC7(CCN(CC)C7)C6)nc5)cn(C)c34)C(=O)[C@@H]2Cc2ccc(O)cc2)N1C(=O)CCc1ccccc1. The number of likely N-dealkylation sites (tertiary alicyclic amines) is 1. The zero-order valence-corrected chi connectivity index (χ0v) is 36.9. The van der Waals surface area contributed by atoms with E-state index in [2.05, 4.69) is 29.4 Å². The van der Waals surface area contributed by atoms with Gasteiger partial charge in [-0.25, -0.2) is 15.0 Å². The number of para-hydroxylation sites is 1. The van der Waals surface area contributed by atoms with Gasteiger partial charge in [-0.3, -0.25) is 19.2 Å². The number of carbonyl (C=O) groups is 4. The van der Waals surface area contributed by atoms with Crippen molar-refractivity contribution in [3.8, 4) is 5.75 Å². The van der Waals surface area contributed by atoms with Crippen LogP contribution in [0, 0.1) is 5.41 Å². The Morgan fingerprint density at radius 1 is 0.922 bits per heavy atom. The van der Waals surface area contributed by atoms with Gasteiger partial charge in [-0.2, -0.15) is 0 Å². The number of rotatable bonds is 14. The van der Waals surface area contributed by atoms with Gasteiger partial charge in [-0.1, -0.05) is 79.7 Å². The van der Waals surface area contributed by atoms with Gasteiger partial charge in [0.15, 0.2) is 5.78 Å². The highest BCUT2D eigenvalue weighted by atomic mass is 16.3. The molecule has 3 aromatic carbocycles. The summed E-state index contributed by atoms with van der Waals surface area (Å²) in [5.41, 5.74) is 5.28. The quantitative estimate of drug-likeness (QED) is 0.112. The maximum atomic E-state index is 14.8. The zero-order valence-electron chi connectivity index (χ0n) is 36.9. The lowest BCUT2D eigenvalue weighted by atomic mass is 9.86. The van der Waals surface area contributed by atoms with Crippen molar-refractivity contribution in [3.05, 3.63) is 138 Å².